The monoisotopic (exact) mass is 272 g/mol. The van der Waals surface area contributed by atoms with Crippen molar-refractivity contribution in [2.75, 3.05) is 13.2 Å². The maximum atomic E-state index is 11.9. The molecule has 0 aliphatic rings. The first-order chi connectivity index (χ1) is 9.06. The number of ketones is 1. The Hall–Kier alpha value is -1.39. The molecule has 0 saturated heterocycles. The molecule has 0 bridgehead atoms. The molecule has 0 rings (SSSR count). The van der Waals surface area contributed by atoms with E-state index in [1.54, 1.807) is 13.8 Å². The van der Waals surface area contributed by atoms with E-state index in [1.165, 1.54) is 0 Å². The molecule has 0 fully saturated rings. The molecule has 0 saturated carbocycles. The van der Waals surface area contributed by atoms with Gasteiger partial charge in [-0.15, -0.1) is 0 Å². The Kier molecular flexibility index (Phi) is 9.75. The number of hydrogen-bond donors (Lipinski definition) is 0. The van der Waals surface area contributed by atoms with E-state index in [-0.39, 0.29) is 19.6 Å². The summed E-state index contributed by atoms with van der Waals surface area (Å²) in [5, 5.41) is 0. The molecule has 0 N–H and O–H groups in total. The van der Waals surface area contributed by atoms with Gasteiger partial charge in [0, 0.05) is 0 Å². The van der Waals surface area contributed by atoms with Crippen LogP contribution >= 0.6 is 0 Å². The van der Waals surface area contributed by atoms with Gasteiger partial charge in [-0.05, 0) is 20.3 Å². The average Bonchev–Trinajstić information content (AvgIpc) is 2.34. The summed E-state index contributed by atoms with van der Waals surface area (Å²) in [5.41, 5.74) is 0. The summed E-state index contributed by atoms with van der Waals surface area (Å²) < 4.78 is 9.60. The van der Waals surface area contributed by atoms with Crippen LogP contribution in [-0.2, 0) is 23.9 Å². The number of esters is 2. The highest BCUT2D eigenvalue weighted by atomic mass is 16.5. The Morgan fingerprint density at radius 2 is 1.58 bits per heavy atom. The van der Waals surface area contributed by atoms with Gasteiger partial charge in [0.15, 0.2) is 5.78 Å². The second-order valence-corrected chi connectivity index (χ2v) is 4.25. The number of carbonyl (C=O) groups is 3. The van der Waals surface area contributed by atoms with E-state index in [0.29, 0.717) is 6.42 Å². The molecule has 0 radical (unpaired) electrons. The van der Waals surface area contributed by atoms with E-state index < -0.39 is 23.6 Å². The zero-order valence-electron chi connectivity index (χ0n) is 12.1. The van der Waals surface area contributed by atoms with Crippen molar-refractivity contribution < 1.29 is 23.9 Å². The van der Waals surface area contributed by atoms with E-state index in [2.05, 4.69) is 0 Å². The Morgan fingerprint density at radius 3 is 2.11 bits per heavy atom. The summed E-state index contributed by atoms with van der Waals surface area (Å²) in [4.78, 5) is 34.9. The highest BCUT2D eigenvalue weighted by Gasteiger charge is 2.29. The maximum Gasteiger partial charge on any atom is 0.316 e. The number of carbonyl (C=O) groups excluding carboxylic acids is 3. The molecule has 19 heavy (non-hydrogen) atoms. The van der Waals surface area contributed by atoms with Crippen molar-refractivity contribution in [1.82, 2.24) is 0 Å². The zero-order valence-corrected chi connectivity index (χ0v) is 12.1. The molecule has 1 atom stereocenters. The third-order valence-electron chi connectivity index (χ3n) is 2.68. The standard InChI is InChI=1S/C14H24O5/c1-4-7-8-9-11(14(17)19-6-3)12(15)10-13(16)18-5-2/h11H,4-10H2,1-3H3. The predicted molar refractivity (Wildman–Crippen MR) is 70.5 cm³/mol. The number of unbranched alkanes of at least 4 members (excludes halogenated alkanes) is 2. The SMILES string of the molecule is CCCCCC(C(=O)CC(=O)OCC)C(=O)OCC. The quantitative estimate of drug-likeness (QED) is 0.346. The summed E-state index contributed by atoms with van der Waals surface area (Å²) in [6.07, 6.45) is 2.80. The zero-order chi connectivity index (χ0) is 14.7. The molecule has 5 nitrogen and oxygen atoms in total. The first-order valence-corrected chi connectivity index (χ1v) is 6.91. The summed E-state index contributed by atoms with van der Waals surface area (Å²) in [6.45, 7) is 5.87. The van der Waals surface area contributed by atoms with Gasteiger partial charge in [0.2, 0.25) is 0 Å². The summed E-state index contributed by atoms with van der Waals surface area (Å²) in [7, 11) is 0. The lowest BCUT2D eigenvalue weighted by atomic mass is 9.95. The number of Topliss-reactive ketones (excluding diaryl/α,β-unsaturated/α-hetero) is 1. The summed E-state index contributed by atoms with van der Waals surface area (Å²) in [5.74, 6) is -2.37. The molecule has 0 aromatic carbocycles. The predicted octanol–water partition coefficient (Wildman–Crippen LogP) is 2.27. The van der Waals surface area contributed by atoms with Crippen LogP contribution < -0.4 is 0 Å². The number of ether oxygens (including phenoxy) is 2. The van der Waals surface area contributed by atoms with Gasteiger partial charge < -0.3 is 9.47 Å². The summed E-state index contributed by atoms with van der Waals surface area (Å²) >= 11 is 0. The lowest BCUT2D eigenvalue weighted by molar-refractivity contribution is -0.153. The smallest absolute Gasteiger partial charge is 0.316 e. The molecule has 0 spiro atoms. The van der Waals surface area contributed by atoms with Crippen molar-refractivity contribution in [3.05, 3.63) is 0 Å². The van der Waals surface area contributed by atoms with Crippen LogP contribution in [0.5, 0.6) is 0 Å². The number of hydrogen-bond acceptors (Lipinski definition) is 5. The van der Waals surface area contributed by atoms with Crippen molar-refractivity contribution in [2.24, 2.45) is 5.92 Å². The molecule has 5 heteroatoms. The second kappa shape index (κ2) is 10.5. The van der Waals surface area contributed by atoms with Crippen LogP contribution in [0.25, 0.3) is 0 Å². The fourth-order valence-electron chi connectivity index (χ4n) is 1.73. The largest absolute Gasteiger partial charge is 0.466 e. The van der Waals surface area contributed by atoms with Gasteiger partial charge in [0.05, 0.1) is 13.2 Å². The van der Waals surface area contributed by atoms with Gasteiger partial charge >= 0.3 is 11.9 Å². The van der Waals surface area contributed by atoms with Gasteiger partial charge in [0.1, 0.15) is 12.3 Å². The van der Waals surface area contributed by atoms with E-state index in [0.717, 1.165) is 19.3 Å². The molecular formula is C14H24O5. The fourth-order valence-corrected chi connectivity index (χ4v) is 1.73. The third kappa shape index (κ3) is 7.59. The van der Waals surface area contributed by atoms with Crippen LogP contribution in [0, 0.1) is 5.92 Å². The molecule has 110 valence electrons. The van der Waals surface area contributed by atoms with Gasteiger partial charge in [-0.1, -0.05) is 26.2 Å². The molecule has 0 aromatic rings. The van der Waals surface area contributed by atoms with Crippen molar-refractivity contribution in [2.45, 2.75) is 52.9 Å². The van der Waals surface area contributed by atoms with Crippen LogP contribution in [0.15, 0.2) is 0 Å². The normalized spacial score (nSPS) is 11.7. The van der Waals surface area contributed by atoms with Crippen LogP contribution in [0.3, 0.4) is 0 Å². The minimum absolute atomic E-state index is 0.228. The Balaban J connectivity index is 4.48. The third-order valence-corrected chi connectivity index (χ3v) is 2.68. The minimum Gasteiger partial charge on any atom is -0.466 e. The fraction of sp³-hybridized carbons (Fsp3) is 0.786. The summed E-state index contributed by atoms with van der Waals surface area (Å²) in [6, 6.07) is 0. The topological polar surface area (TPSA) is 69.7 Å². The first-order valence-electron chi connectivity index (χ1n) is 6.91. The van der Waals surface area contributed by atoms with Crippen LogP contribution in [0.2, 0.25) is 0 Å². The van der Waals surface area contributed by atoms with Crippen molar-refractivity contribution in [3.8, 4) is 0 Å². The minimum atomic E-state index is -0.837. The highest BCUT2D eigenvalue weighted by Crippen LogP contribution is 2.15. The first kappa shape index (κ1) is 17.6. The molecule has 0 aromatic heterocycles. The van der Waals surface area contributed by atoms with Gasteiger partial charge in [-0.2, -0.15) is 0 Å². The van der Waals surface area contributed by atoms with Crippen molar-refractivity contribution >= 4 is 17.7 Å². The van der Waals surface area contributed by atoms with Crippen molar-refractivity contribution in [3.63, 3.8) is 0 Å². The van der Waals surface area contributed by atoms with E-state index >= 15 is 0 Å². The molecule has 0 aliphatic heterocycles. The Bertz CT molecular complexity index is 298. The van der Waals surface area contributed by atoms with Gasteiger partial charge in [0.25, 0.3) is 0 Å². The van der Waals surface area contributed by atoms with Gasteiger partial charge in [-0.25, -0.2) is 0 Å². The Morgan fingerprint density at radius 1 is 0.947 bits per heavy atom. The van der Waals surface area contributed by atoms with E-state index in [9.17, 15) is 14.4 Å². The molecule has 0 aliphatic carbocycles. The van der Waals surface area contributed by atoms with Gasteiger partial charge in [-0.3, -0.25) is 14.4 Å². The molecule has 0 heterocycles. The molecule has 0 amide bonds. The molecular weight excluding hydrogens is 248 g/mol. The molecule has 1 unspecified atom stereocenters. The average molecular weight is 272 g/mol. The van der Waals surface area contributed by atoms with E-state index in [1.807, 2.05) is 6.92 Å². The highest BCUT2D eigenvalue weighted by molar-refractivity contribution is 6.06. The second-order valence-electron chi connectivity index (χ2n) is 4.25. The van der Waals surface area contributed by atoms with Crippen molar-refractivity contribution in [1.29, 1.82) is 0 Å². The van der Waals surface area contributed by atoms with Crippen LogP contribution in [0.4, 0.5) is 0 Å². The number of rotatable bonds is 10. The Labute approximate surface area is 114 Å². The maximum absolute atomic E-state index is 11.9. The van der Waals surface area contributed by atoms with E-state index in [4.69, 9.17) is 9.47 Å². The van der Waals surface area contributed by atoms with Crippen LogP contribution in [0.1, 0.15) is 52.9 Å². The lowest BCUT2D eigenvalue weighted by Gasteiger charge is -2.13. The lowest BCUT2D eigenvalue weighted by Crippen LogP contribution is -2.28. The van der Waals surface area contributed by atoms with Crippen LogP contribution in [-0.4, -0.2) is 30.9 Å².